The Kier molecular flexibility index (Phi) is 4.84. The lowest BCUT2D eigenvalue weighted by atomic mass is 9.87. The highest BCUT2D eigenvalue weighted by molar-refractivity contribution is 5.79. The average Bonchev–Trinajstić information content (AvgIpc) is 2.40. The van der Waals surface area contributed by atoms with Gasteiger partial charge >= 0.3 is 0 Å². The molecule has 0 aromatic carbocycles. The molecule has 1 amide bonds. The summed E-state index contributed by atoms with van der Waals surface area (Å²) in [4.78, 5) is 14.7. The summed E-state index contributed by atoms with van der Waals surface area (Å²) in [6.45, 7) is 1.68. The van der Waals surface area contributed by atoms with Crippen LogP contribution >= 0.6 is 0 Å². The van der Waals surface area contributed by atoms with Crippen LogP contribution in [0.25, 0.3) is 0 Å². The molecule has 1 saturated heterocycles. The fourth-order valence-electron chi connectivity index (χ4n) is 3.37. The molecule has 3 nitrogen and oxygen atoms in total. The zero-order valence-electron chi connectivity index (χ0n) is 10.9. The van der Waals surface area contributed by atoms with Crippen molar-refractivity contribution in [2.24, 2.45) is 11.7 Å². The molecule has 0 aromatic heterocycles. The molecule has 2 aliphatic rings. The molecule has 2 N–H and O–H groups in total. The van der Waals surface area contributed by atoms with E-state index in [4.69, 9.17) is 5.73 Å². The molecule has 2 rings (SSSR count). The Bertz CT molecular complexity index is 247. The summed E-state index contributed by atoms with van der Waals surface area (Å²) < 4.78 is 0. The molecule has 17 heavy (non-hydrogen) atoms. The molecule has 1 atom stereocenters. The molecule has 1 heterocycles. The molecule has 2 fully saturated rings. The minimum atomic E-state index is 0.321. The Hall–Kier alpha value is -0.570. The van der Waals surface area contributed by atoms with E-state index < -0.39 is 0 Å². The van der Waals surface area contributed by atoms with Gasteiger partial charge < -0.3 is 10.6 Å². The van der Waals surface area contributed by atoms with E-state index in [1.807, 2.05) is 0 Å². The number of hydrogen-bond donors (Lipinski definition) is 1. The maximum atomic E-state index is 12.5. The van der Waals surface area contributed by atoms with Gasteiger partial charge in [0, 0.05) is 18.5 Å². The van der Waals surface area contributed by atoms with Crippen molar-refractivity contribution >= 4 is 5.91 Å². The van der Waals surface area contributed by atoms with E-state index in [-0.39, 0.29) is 0 Å². The third kappa shape index (κ3) is 3.21. The molecule has 98 valence electrons. The summed E-state index contributed by atoms with van der Waals surface area (Å²) in [5, 5.41) is 0. The number of nitrogens with zero attached hydrogens (tertiary/aromatic N) is 1. The molecule has 0 bridgehead atoms. The predicted molar refractivity (Wildman–Crippen MR) is 69.6 cm³/mol. The molecule has 1 aliphatic heterocycles. The highest BCUT2D eigenvalue weighted by Crippen LogP contribution is 2.28. The second-order valence-corrected chi connectivity index (χ2v) is 5.59. The van der Waals surface area contributed by atoms with E-state index in [2.05, 4.69) is 4.90 Å². The first kappa shape index (κ1) is 12.9. The lowest BCUT2D eigenvalue weighted by Crippen LogP contribution is -2.47. The number of nitrogens with two attached hydrogens (primary N) is 1. The number of carbonyl (C=O) groups is 1. The van der Waals surface area contributed by atoms with Crippen LogP contribution in [-0.2, 0) is 4.79 Å². The van der Waals surface area contributed by atoms with Gasteiger partial charge in [-0.2, -0.15) is 0 Å². The van der Waals surface area contributed by atoms with Crippen molar-refractivity contribution in [3.8, 4) is 0 Å². The van der Waals surface area contributed by atoms with Gasteiger partial charge in [0.05, 0.1) is 0 Å². The van der Waals surface area contributed by atoms with Crippen molar-refractivity contribution in [1.82, 2.24) is 4.90 Å². The van der Waals surface area contributed by atoms with Crippen molar-refractivity contribution in [3.63, 3.8) is 0 Å². The first-order chi connectivity index (χ1) is 8.33. The Labute approximate surface area is 105 Å². The lowest BCUT2D eigenvalue weighted by molar-refractivity contribution is -0.140. The number of rotatable bonds is 3. The molecule has 1 saturated carbocycles. The normalized spacial score (nSPS) is 27.1. The molecular formula is C14H26N2O. The van der Waals surface area contributed by atoms with Gasteiger partial charge in [0.15, 0.2) is 0 Å². The van der Waals surface area contributed by atoms with Crippen LogP contribution in [0.3, 0.4) is 0 Å². The summed E-state index contributed by atoms with van der Waals surface area (Å²) in [5.74, 6) is 0.755. The van der Waals surface area contributed by atoms with E-state index in [0.29, 0.717) is 24.4 Å². The van der Waals surface area contributed by atoms with Gasteiger partial charge in [-0.25, -0.2) is 0 Å². The molecular weight excluding hydrogens is 212 g/mol. The lowest BCUT2D eigenvalue weighted by Gasteiger charge is -2.38. The fraction of sp³-hybridized carbons (Fsp3) is 0.929. The maximum Gasteiger partial charge on any atom is 0.225 e. The van der Waals surface area contributed by atoms with E-state index in [0.717, 1.165) is 32.2 Å². The van der Waals surface area contributed by atoms with Crippen LogP contribution < -0.4 is 5.73 Å². The van der Waals surface area contributed by atoms with Gasteiger partial charge in [0.25, 0.3) is 0 Å². The van der Waals surface area contributed by atoms with Crippen molar-refractivity contribution in [2.45, 2.75) is 63.8 Å². The second kappa shape index (κ2) is 6.39. The number of carbonyl (C=O) groups excluding carboxylic acids is 1. The van der Waals surface area contributed by atoms with E-state index >= 15 is 0 Å². The van der Waals surface area contributed by atoms with Crippen LogP contribution in [0.4, 0.5) is 0 Å². The molecule has 1 aliphatic carbocycles. The molecule has 0 spiro atoms. The zero-order valence-corrected chi connectivity index (χ0v) is 10.9. The van der Waals surface area contributed by atoms with Crippen LogP contribution in [0.15, 0.2) is 0 Å². The Morgan fingerprint density at radius 2 is 1.76 bits per heavy atom. The third-order valence-corrected chi connectivity index (χ3v) is 4.36. The van der Waals surface area contributed by atoms with Crippen LogP contribution in [0.2, 0.25) is 0 Å². The second-order valence-electron chi connectivity index (χ2n) is 5.59. The summed E-state index contributed by atoms with van der Waals surface area (Å²) in [6.07, 6.45) is 10.6. The monoisotopic (exact) mass is 238 g/mol. The maximum absolute atomic E-state index is 12.5. The van der Waals surface area contributed by atoms with Gasteiger partial charge in [-0.05, 0) is 45.1 Å². The summed E-state index contributed by atoms with van der Waals surface area (Å²) in [5.41, 5.74) is 5.66. The van der Waals surface area contributed by atoms with Gasteiger partial charge in [-0.3, -0.25) is 4.79 Å². The smallest absolute Gasteiger partial charge is 0.225 e. The van der Waals surface area contributed by atoms with Crippen LogP contribution in [0, 0.1) is 5.92 Å². The van der Waals surface area contributed by atoms with Crippen molar-refractivity contribution in [1.29, 1.82) is 0 Å². The van der Waals surface area contributed by atoms with Crippen molar-refractivity contribution in [3.05, 3.63) is 0 Å². The number of amides is 1. The highest BCUT2D eigenvalue weighted by Gasteiger charge is 2.31. The van der Waals surface area contributed by atoms with Gasteiger partial charge in [0.2, 0.25) is 5.91 Å². The van der Waals surface area contributed by atoms with Crippen LogP contribution in [0.5, 0.6) is 0 Å². The largest absolute Gasteiger partial charge is 0.339 e. The van der Waals surface area contributed by atoms with Gasteiger partial charge in [-0.15, -0.1) is 0 Å². The van der Waals surface area contributed by atoms with Gasteiger partial charge in [-0.1, -0.05) is 19.3 Å². The number of likely N-dealkylation sites (tertiary alicyclic amines) is 1. The summed E-state index contributed by atoms with van der Waals surface area (Å²) in [7, 11) is 0. The van der Waals surface area contributed by atoms with Crippen LogP contribution in [-0.4, -0.2) is 29.9 Å². The quantitative estimate of drug-likeness (QED) is 0.820. The first-order valence-corrected chi connectivity index (χ1v) is 7.33. The minimum Gasteiger partial charge on any atom is -0.339 e. The fourth-order valence-corrected chi connectivity index (χ4v) is 3.37. The molecule has 1 unspecified atom stereocenters. The van der Waals surface area contributed by atoms with E-state index in [1.54, 1.807) is 0 Å². The summed E-state index contributed by atoms with van der Waals surface area (Å²) >= 11 is 0. The molecule has 3 heteroatoms. The standard InChI is InChI=1S/C14H26N2O/c15-10-9-13-8-4-5-11-16(13)14(17)12-6-2-1-3-7-12/h12-13H,1-11,15H2. The molecule has 0 aromatic rings. The number of piperidine rings is 1. The first-order valence-electron chi connectivity index (χ1n) is 7.33. The zero-order chi connectivity index (χ0) is 12.1. The Balaban J connectivity index is 1.94. The Morgan fingerprint density at radius 3 is 2.47 bits per heavy atom. The third-order valence-electron chi connectivity index (χ3n) is 4.36. The van der Waals surface area contributed by atoms with Crippen molar-refractivity contribution in [2.75, 3.05) is 13.1 Å². The minimum absolute atomic E-state index is 0.321. The summed E-state index contributed by atoms with van der Waals surface area (Å²) in [6, 6.07) is 0.433. The van der Waals surface area contributed by atoms with Crippen LogP contribution in [0.1, 0.15) is 57.8 Å². The van der Waals surface area contributed by atoms with Crippen molar-refractivity contribution < 1.29 is 4.79 Å². The molecule has 0 radical (unpaired) electrons. The Morgan fingerprint density at radius 1 is 1.06 bits per heavy atom. The highest BCUT2D eigenvalue weighted by atomic mass is 16.2. The number of hydrogen-bond acceptors (Lipinski definition) is 2. The van der Waals surface area contributed by atoms with E-state index in [1.165, 1.54) is 32.1 Å². The van der Waals surface area contributed by atoms with Gasteiger partial charge in [0.1, 0.15) is 0 Å². The topological polar surface area (TPSA) is 46.3 Å². The average molecular weight is 238 g/mol. The predicted octanol–water partition coefficient (Wildman–Crippen LogP) is 2.30. The van der Waals surface area contributed by atoms with E-state index in [9.17, 15) is 4.79 Å². The SMILES string of the molecule is NCCC1CCCCN1C(=O)C1CCCCC1.